The molecule has 0 radical (unpaired) electrons. The van der Waals surface area contributed by atoms with E-state index < -0.39 is 17.2 Å². The average molecular weight is 1420 g/mol. The Labute approximate surface area is 607 Å². The van der Waals surface area contributed by atoms with Crippen molar-refractivity contribution in [1.29, 1.82) is 26.3 Å². The number of carbonyl (C=O) groups excluding carboxylic acids is 1. The molecule has 0 fully saturated rings. The standard InChI is InChI=1S/C39H40N4O4S.C28H33NO4S.C11H9N3O.C2H4O2.H3N/c1-39(2)35(37(42-3)38(47-39)31(26-40)27-41)20-19-34-18-17-33(48-34)16-14-30-13-15-32(43(21-7-9-23-44)22-8-10-24-45)25-36(30)46-28-29-11-5-4-6-12-29;30-18-6-4-16-29(17-5-7-19-31)25-12-10-24(11-13-26-14-15-27(21-32)34-26)28(20-25)33-22-23-8-2-1-3-9-23;1-7-9(6-14)10(8(4-12)5-13)15-11(7,2)3;1-2(3)4;/h4-6,11-20,25,44-45H,7-10,21-24,28H2,1-2H3;1-3,8-15,20-21,30-31H,4-7,16-19,22H2;1-3H3;1H3,(H,3,4);1H3/b16-14+,20-19+;13-11+;;;. The summed E-state index contributed by atoms with van der Waals surface area (Å²) in [6.07, 6.45) is 19.2. The van der Waals surface area contributed by atoms with Crippen LogP contribution >= 0.6 is 22.7 Å². The van der Waals surface area contributed by atoms with Gasteiger partial charge in [-0.15, -0.1) is 22.7 Å². The summed E-state index contributed by atoms with van der Waals surface area (Å²) in [5.41, 5.74) is 6.14. The van der Waals surface area contributed by atoms with Gasteiger partial charge in [-0.1, -0.05) is 66.7 Å². The zero-order valence-electron chi connectivity index (χ0n) is 58.6. The molecule has 102 heavy (non-hydrogen) atoms. The van der Waals surface area contributed by atoms with E-state index in [1.807, 2.05) is 153 Å². The molecule has 0 aliphatic carbocycles. The Morgan fingerprint density at radius 2 is 0.922 bits per heavy atom. The number of carboxylic acids is 1. The van der Waals surface area contributed by atoms with E-state index in [0.717, 1.165) is 156 Å². The zero-order valence-corrected chi connectivity index (χ0v) is 60.2. The van der Waals surface area contributed by atoms with Gasteiger partial charge in [-0.2, -0.15) is 26.3 Å². The van der Waals surface area contributed by atoms with Crippen LogP contribution in [0.4, 0.5) is 11.4 Å². The Morgan fingerprint density at radius 1 is 0.549 bits per heavy atom. The molecule has 0 spiro atoms. The summed E-state index contributed by atoms with van der Waals surface area (Å²) in [5, 5.41) is 89.5. The fraction of sp³-hybridized carbons (Fsp3) is 0.325. The Balaban J connectivity index is 0.000000352. The molecule has 0 atom stereocenters. The van der Waals surface area contributed by atoms with E-state index >= 15 is 0 Å². The molecule has 2 aliphatic heterocycles. The predicted octanol–water partition coefficient (Wildman–Crippen LogP) is 16.0. The first-order chi connectivity index (χ1) is 48.8. The molecule has 532 valence electrons. The largest absolute Gasteiger partial charge is 0.493 e. The maximum atomic E-state index is 11.0. The van der Waals surface area contributed by atoms with Gasteiger partial charge >= 0.3 is 0 Å². The maximum Gasteiger partial charge on any atom is 0.300 e. The lowest BCUT2D eigenvalue weighted by Crippen LogP contribution is -2.26. The second kappa shape index (κ2) is 44.3. The van der Waals surface area contributed by atoms with E-state index in [1.165, 1.54) is 11.3 Å². The molecule has 4 aromatic carbocycles. The van der Waals surface area contributed by atoms with Crippen LogP contribution in [-0.4, -0.2) is 102 Å². The number of nitriles is 5. The molecule has 0 unspecified atom stereocenters. The minimum atomic E-state index is -0.861. The van der Waals surface area contributed by atoms with Crippen molar-refractivity contribution in [1.82, 2.24) is 6.15 Å². The average Bonchev–Trinajstić information content (AvgIpc) is 1.63. The summed E-state index contributed by atoms with van der Waals surface area (Å²) in [6, 6.07) is 49.4. The van der Waals surface area contributed by atoms with Gasteiger partial charge in [0.25, 0.3) is 5.97 Å². The second-order valence-corrected chi connectivity index (χ2v) is 26.2. The highest BCUT2D eigenvalue weighted by Crippen LogP contribution is 2.42. The summed E-state index contributed by atoms with van der Waals surface area (Å²) in [4.78, 5) is 31.9. The first kappa shape index (κ1) is 83.6. The van der Waals surface area contributed by atoms with Gasteiger partial charge < -0.3 is 60.4 Å². The lowest BCUT2D eigenvalue weighted by Gasteiger charge is -2.26. The number of aldehydes is 1. The molecular weight excluding hydrogens is 1330 g/mol. The number of thiophene rings is 2. The van der Waals surface area contributed by atoms with E-state index in [9.17, 15) is 35.7 Å². The van der Waals surface area contributed by atoms with Crippen LogP contribution < -0.4 is 25.4 Å². The van der Waals surface area contributed by atoms with E-state index in [-0.39, 0.29) is 66.5 Å². The summed E-state index contributed by atoms with van der Waals surface area (Å²) in [5.74, 6) is 0.854. The Morgan fingerprint density at radius 3 is 1.28 bits per heavy atom. The Bertz CT molecular complexity index is 4160. The molecule has 20 nitrogen and oxygen atoms in total. The van der Waals surface area contributed by atoms with Crippen LogP contribution in [0.1, 0.15) is 139 Å². The number of hydrogen-bond donors (Lipinski definition) is 6. The fourth-order valence-corrected chi connectivity index (χ4v) is 11.7. The van der Waals surface area contributed by atoms with Crippen LogP contribution in [0.3, 0.4) is 0 Å². The van der Waals surface area contributed by atoms with Crippen LogP contribution in [0, 0.1) is 63.2 Å². The molecular formula is C80H89N9O11S2. The maximum absolute atomic E-state index is 11.0. The molecule has 6 aromatic rings. The molecule has 2 aromatic heterocycles. The predicted molar refractivity (Wildman–Crippen MR) is 402 cm³/mol. The van der Waals surface area contributed by atoms with E-state index in [4.69, 9.17) is 51.2 Å². The van der Waals surface area contributed by atoms with Gasteiger partial charge in [0.2, 0.25) is 5.70 Å². The number of carboxylic acid groups (broad SMARTS) is 1. The molecule has 4 heterocycles. The highest BCUT2D eigenvalue weighted by molar-refractivity contribution is 7.14. The SMILES string of the molecule is CC(=O)O.CC1=C(C#N)C(=C(C#N)C#N)OC1(C)C.N.O=Cc1ccc(/C=C/c2ccc(N(CCCCO)CCCCO)cc2OCc2ccccc2)s1.[C-]#[N+]C1=C(/C=C/c2ccc(/C=C/c3ccc(N(CCCCO)CCCCO)cc3OCc3ccccc3)s2)C(C)(C)OC1=C(C#N)C#N. The number of benzene rings is 4. The highest BCUT2D eigenvalue weighted by atomic mass is 32.1. The van der Waals surface area contributed by atoms with E-state index in [0.29, 0.717) is 23.7 Å². The number of aliphatic hydroxyl groups is 4. The highest BCUT2D eigenvalue weighted by Gasteiger charge is 2.39. The van der Waals surface area contributed by atoms with Crippen molar-refractivity contribution in [3.05, 3.63) is 226 Å². The third kappa shape index (κ3) is 26.3. The second-order valence-electron chi connectivity index (χ2n) is 23.9. The summed E-state index contributed by atoms with van der Waals surface area (Å²) < 4.78 is 24.0. The van der Waals surface area contributed by atoms with Gasteiger partial charge in [0.1, 0.15) is 66.3 Å². The van der Waals surface area contributed by atoms with Crippen molar-refractivity contribution in [3.8, 4) is 41.8 Å². The lowest BCUT2D eigenvalue weighted by molar-refractivity contribution is -0.134. The van der Waals surface area contributed by atoms with Gasteiger partial charge in [0.15, 0.2) is 29.0 Å². The molecule has 8 N–H and O–H groups in total. The van der Waals surface area contributed by atoms with Crippen molar-refractivity contribution in [2.45, 2.75) is 117 Å². The minimum Gasteiger partial charge on any atom is -0.493 e. The minimum absolute atomic E-state index is 0. The molecule has 0 bridgehead atoms. The molecule has 22 heteroatoms. The number of nitrogens with zero attached hydrogens (tertiary/aromatic N) is 8. The van der Waals surface area contributed by atoms with Crippen LogP contribution in [0.5, 0.6) is 11.5 Å². The summed E-state index contributed by atoms with van der Waals surface area (Å²) >= 11 is 3.04. The topological polar surface area (TPSA) is 337 Å². The van der Waals surface area contributed by atoms with Gasteiger partial charge in [0.05, 0.1) is 17.0 Å². The first-order valence-corrected chi connectivity index (χ1v) is 34.6. The van der Waals surface area contributed by atoms with Gasteiger partial charge in [-0.05, 0) is 182 Å². The van der Waals surface area contributed by atoms with Crippen LogP contribution in [0.25, 0.3) is 35.2 Å². The fourth-order valence-electron chi connectivity index (χ4n) is 10.2. The van der Waals surface area contributed by atoms with Gasteiger partial charge in [0, 0.05) is 114 Å². The van der Waals surface area contributed by atoms with Crippen LogP contribution in [0.2, 0.25) is 0 Å². The number of hydrogen-bond acceptors (Lipinski definition) is 20. The molecule has 2 aliphatic rings. The van der Waals surface area contributed by atoms with Gasteiger partial charge in [-0.25, -0.2) is 4.85 Å². The lowest BCUT2D eigenvalue weighted by atomic mass is 9.97. The summed E-state index contributed by atoms with van der Waals surface area (Å²) in [7, 11) is 0. The van der Waals surface area contributed by atoms with Crippen molar-refractivity contribution < 1.29 is 54.1 Å². The number of carbonyl (C=O) groups is 2. The number of ether oxygens (including phenoxy) is 4. The van der Waals surface area contributed by atoms with E-state index in [1.54, 1.807) is 44.2 Å². The molecule has 8 rings (SSSR count). The smallest absolute Gasteiger partial charge is 0.300 e. The van der Waals surface area contributed by atoms with Crippen LogP contribution in [0.15, 0.2) is 172 Å². The number of aliphatic carboxylic acids is 1. The third-order valence-corrected chi connectivity index (χ3v) is 17.7. The Kier molecular flexibility index (Phi) is 36.3. The quantitative estimate of drug-likeness (QED) is 0.0102. The Hall–Kier alpha value is -10.9. The first-order valence-electron chi connectivity index (χ1n) is 32.9. The monoisotopic (exact) mass is 1420 g/mol. The van der Waals surface area contributed by atoms with Crippen LogP contribution in [-0.2, 0) is 27.5 Å². The zero-order chi connectivity index (χ0) is 73.6. The number of aliphatic hydroxyl groups excluding tert-OH is 4. The van der Waals surface area contributed by atoms with Crippen molar-refractivity contribution in [2.75, 3.05) is 62.4 Å². The van der Waals surface area contributed by atoms with E-state index in [2.05, 4.69) is 51.0 Å². The molecule has 0 saturated carbocycles. The number of unbranched alkanes of at least 4 members (excludes halogenated alkanes) is 4. The number of anilines is 2. The van der Waals surface area contributed by atoms with Crippen molar-refractivity contribution >= 4 is 76.7 Å². The van der Waals surface area contributed by atoms with Crippen molar-refractivity contribution in [3.63, 3.8) is 0 Å². The third-order valence-electron chi connectivity index (χ3n) is 15.7. The van der Waals surface area contributed by atoms with Crippen molar-refractivity contribution in [2.24, 2.45) is 0 Å². The number of rotatable bonds is 31. The summed E-state index contributed by atoms with van der Waals surface area (Å²) in [6.45, 7) is 22.6. The molecule has 0 saturated heterocycles. The van der Waals surface area contributed by atoms with Gasteiger partial charge in [-0.3, -0.25) is 9.59 Å². The molecule has 0 amide bonds. The normalized spacial score (nSPS) is 13.0. The number of allylic oxidation sites excluding steroid dienone is 3.